The molecule has 3 aromatic rings. The van der Waals surface area contributed by atoms with E-state index in [1.807, 2.05) is 13.0 Å². The van der Waals surface area contributed by atoms with Crippen molar-refractivity contribution in [2.45, 2.75) is 11.8 Å². The van der Waals surface area contributed by atoms with Crippen LogP contribution in [-0.4, -0.2) is 29.2 Å². The topological polar surface area (TPSA) is 76.1 Å². The second-order valence-corrected chi connectivity index (χ2v) is 6.96. The summed E-state index contributed by atoms with van der Waals surface area (Å²) in [7, 11) is -2.25. The van der Waals surface area contributed by atoms with Gasteiger partial charge in [-0.25, -0.2) is 13.4 Å². The summed E-state index contributed by atoms with van der Waals surface area (Å²) in [5, 5.41) is 0. The Kier molecular flexibility index (Phi) is 3.34. The first-order valence-corrected chi connectivity index (χ1v) is 8.31. The number of benzene rings is 1. The maximum atomic E-state index is 12.8. The molecule has 8 heteroatoms. The predicted octanol–water partition coefficient (Wildman–Crippen LogP) is 2.22. The molecule has 0 aliphatic heterocycles. The fourth-order valence-corrected chi connectivity index (χ4v) is 3.86. The summed E-state index contributed by atoms with van der Waals surface area (Å²) in [6.07, 6.45) is 0. The molecule has 2 heterocycles. The third-order valence-corrected chi connectivity index (χ3v) is 5.42. The summed E-state index contributed by atoms with van der Waals surface area (Å²) in [4.78, 5) is 4.38. The van der Waals surface area contributed by atoms with Gasteiger partial charge in [0.05, 0.1) is 11.7 Å². The Balaban J connectivity index is 2.14. The highest BCUT2D eigenvalue weighted by Gasteiger charge is 2.25. The number of pyridine rings is 1. The number of nitrogens with zero attached hydrogens (tertiary/aromatic N) is 4. The Labute approximate surface area is 126 Å². The molecule has 2 aromatic heterocycles. The molecule has 0 bridgehead atoms. The summed E-state index contributed by atoms with van der Waals surface area (Å²) in [6.45, 7) is 1.81. The molecule has 1 aromatic carbocycles. The number of rotatable bonds is 3. The molecule has 0 unspecified atom stereocenters. The molecule has 0 fully saturated rings. The summed E-state index contributed by atoms with van der Waals surface area (Å²) < 4.78 is 34.9. The van der Waals surface area contributed by atoms with Crippen LogP contribution < -0.4 is 4.31 Å². The number of aromatic nitrogens is 3. The molecule has 0 aliphatic carbocycles. The molecule has 0 saturated heterocycles. The van der Waals surface area contributed by atoms with Crippen LogP contribution in [0.25, 0.3) is 11.0 Å². The van der Waals surface area contributed by atoms with Gasteiger partial charge in [0, 0.05) is 12.7 Å². The first-order valence-electron chi connectivity index (χ1n) is 6.14. The quantitative estimate of drug-likeness (QED) is 0.739. The minimum Gasteiger partial charge on any atom is -0.253 e. The van der Waals surface area contributed by atoms with E-state index in [4.69, 9.17) is 0 Å². The number of fused-ring (bicyclic) bond motifs is 1. The van der Waals surface area contributed by atoms with E-state index in [0.717, 1.165) is 21.7 Å². The largest absolute Gasteiger partial charge is 0.267 e. The van der Waals surface area contributed by atoms with Gasteiger partial charge in [-0.05, 0) is 31.2 Å². The van der Waals surface area contributed by atoms with Crippen LogP contribution in [-0.2, 0) is 10.0 Å². The Morgan fingerprint density at radius 1 is 1.10 bits per heavy atom. The molecule has 108 valence electrons. The van der Waals surface area contributed by atoms with Gasteiger partial charge in [-0.15, -0.1) is 0 Å². The Bertz CT molecular complexity index is 905. The monoisotopic (exact) mass is 320 g/mol. The number of hydrogen-bond acceptors (Lipinski definition) is 6. The molecule has 0 atom stereocenters. The Hall–Kier alpha value is -2.06. The zero-order chi connectivity index (χ0) is 15.0. The molecule has 0 aliphatic rings. The molecule has 3 rings (SSSR count). The highest BCUT2D eigenvalue weighted by Crippen LogP contribution is 2.26. The van der Waals surface area contributed by atoms with E-state index in [0.29, 0.717) is 16.9 Å². The van der Waals surface area contributed by atoms with Crippen molar-refractivity contribution in [1.82, 2.24) is 13.7 Å². The van der Waals surface area contributed by atoms with Crippen LogP contribution >= 0.6 is 11.7 Å². The van der Waals surface area contributed by atoms with Crippen LogP contribution in [0.2, 0.25) is 0 Å². The van der Waals surface area contributed by atoms with Gasteiger partial charge in [-0.1, -0.05) is 12.1 Å². The number of hydrogen-bond donors (Lipinski definition) is 0. The predicted molar refractivity (Wildman–Crippen MR) is 82.0 cm³/mol. The van der Waals surface area contributed by atoms with Gasteiger partial charge < -0.3 is 0 Å². The number of sulfonamides is 1. The molecule has 0 amide bonds. The zero-order valence-corrected chi connectivity index (χ0v) is 13.0. The Morgan fingerprint density at radius 3 is 2.62 bits per heavy atom. The van der Waals surface area contributed by atoms with Gasteiger partial charge in [0.2, 0.25) is 0 Å². The maximum absolute atomic E-state index is 12.8. The lowest BCUT2D eigenvalue weighted by Crippen LogP contribution is -2.27. The lowest BCUT2D eigenvalue weighted by atomic mass is 10.3. The standard InChI is InChI=1S/C13H12N4O2S2/c1-9-5-3-8-12(14-9)17(2)21(18,19)11-7-4-6-10-13(11)16-20-15-10/h3-8H,1-2H3. The fraction of sp³-hybridized carbons (Fsp3) is 0.154. The molecule has 0 N–H and O–H groups in total. The molecular formula is C13H12N4O2S2. The lowest BCUT2D eigenvalue weighted by molar-refractivity contribution is 0.594. The van der Waals surface area contributed by atoms with E-state index in [1.54, 1.807) is 24.3 Å². The van der Waals surface area contributed by atoms with E-state index >= 15 is 0 Å². The van der Waals surface area contributed by atoms with Crippen LogP contribution in [0.3, 0.4) is 0 Å². The lowest BCUT2D eigenvalue weighted by Gasteiger charge is -2.18. The molecule has 21 heavy (non-hydrogen) atoms. The van der Waals surface area contributed by atoms with E-state index in [9.17, 15) is 8.42 Å². The van der Waals surface area contributed by atoms with E-state index in [1.165, 1.54) is 13.1 Å². The second kappa shape index (κ2) is 5.05. The van der Waals surface area contributed by atoms with Gasteiger partial charge in [0.25, 0.3) is 10.0 Å². The van der Waals surface area contributed by atoms with Crippen molar-refractivity contribution >= 4 is 38.6 Å². The Morgan fingerprint density at radius 2 is 1.86 bits per heavy atom. The number of anilines is 1. The van der Waals surface area contributed by atoms with Crippen molar-refractivity contribution in [1.29, 1.82) is 0 Å². The molecule has 0 radical (unpaired) electrons. The summed E-state index contributed by atoms with van der Waals surface area (Å²) >= 11 is 0.995. The van der Waals surface area contributed by atoms with Crippen LogP contribution in [0, 0.1) is 6.92 Å². The van der Waals surface area contributed by atoms with E-state index < -0.39 is 10.0 Å². The maximum Gasteiger partial charge on any atom is 0.267 e. The average molecular weight is 320 g/mol. The molecular weight excluding hydrogens is 308 g/mol. The first kappa shape index (κ1) is 13.9. The third kappa shape index (κ3) is 2.36. The third-order valence-electron chi connectivity index (χ3n) is 3.08. The smallest absolute Gasteiger partial charge is 0.253 e. The first-order chi connectivity index (χ1) is 10.00. The molecule has 0 saturated carbocycles. The summed E-state index contributed by atoms with van der Waals surface area (Å²) in [5.74, 6) is 0.371. The van der Waals surface area contributed by atoms with Gasteiger partial charge in [-0.3, -0.25) is 4.31 Å². The van der Waals surface area contributed by atoms with E-state index in [-0.39, 0.29) is 4.90 Å². The zero-order valence-electron chi connectivity index (χ0n) is 11.4. The molecule has 6 nitrogen and oxygen atoms in total. The van der Waals surface area contributed by atoms with Crippen molar-refractivity contribution in [2.24, 2.45) is 0 Å². The van der Waals surface area contributed by atoms with Crippen LogP contribution in [0.5, 0.6) is 0 Å². The number of aryl methyl sites for hydroxylation is 1. The van der Waals surface area contributed by atoms with Crippen molar-refractivity contribution in [3.8, 4) is 0 Å². The van der Waals surface area contributed by atoms with Crippen molar-refractivity contribution in [3.05, 3.63) is 42.1 Å². The highest BCUT2D eigenvalue weighted by atomic mass is 32.2. The fourth-order valence-electron chi connectivity index (χ4n) is 1.96. The summed E-state index contributed by atoms with van der Waals surface area (Å²) in [6, 6.07) is 10.2. The van der Waals surface area contributed by atoms with Crippen LogP contribution in [0.4, 0.5) is 5.82 Å². The van der Waals surface area contributed by atoms with Crippen molar-refractivity contribution in [3.63, 3.8) is 0 Å². The van der Waals surface area contributed by atoms with Crippen molar-refractivity contribution in [2.75, 3.05) is 11.4 Å². The molecule has 0 spiro atoms. The average Bonchev–Trinajstić information content (AvgIpc) is 2.94. The SMILES string of the molecule is Cc1cccc(N(C)S(=O)(=O)c2cccc3nsnc23)n1. The minimum atomic E-state index is -3.73. The van der Waals surface area contributed by atoms with E-state index in [2.05, 4.69) is 13.7 Å². The van der Waals surface area contributed by atoms with Crippen molar-refractivity contribution < 1.29 is 8.42 Å². The van der Waals surface area contributed by atoms with Gasteiger partial charge >= 0.3 is 0 Å². The summed E-state index contributed by atoms with van der Waals surface area (Å²) in [5.41, 5.74) is 1.72. The van der Waals surface area contributed by atoms with Gasteiger partial charge in [0.1, 0.15) is 21.7 Å². The van der Waals surface area contributed by atoms with Gasteiger partial charge in [-0.2, -0.15) is 8.75 Å². The van der Waals surface area contributed by atoms with Crippen LogP contribution in [0.15, 0.2) is 41.3 Å². The van der Waals surface area contributed by atoms with Gasteiger partial charge in [0.15, 0.2) is 0 Å². The second-order valence-electron chi connectivity index (χ2n) is 4.50. The normalized spacial score (nSPS) is 11.7. The minimum absolute atomic E-state index is 0.138. The highest BCUT2D eigenvalue weighted by molar-refractivity contribution is 7.93. The van der Waals surface area contributed by atoms with Crippen LogP contribution in [0.1, 0.15) is 5.69 Å².